The van der Waals surface area contributed by atoms with Gasteiger partial charge in [-0.05, 0) is 37.5 Å². The van der Waals surface area contributed by atoms with Crippen molar-refractivity contribution in [1.29, 1.82) is 0 Å². The van der Waals surface area contributed by atoms with Crippen molar-refractivity contribution in [3.05, 3.63) is 29.8 Å². The Morgan fingerprint density at radius 2 is 2.00 bits per heavy atom. The van der Waals surface area contributed by atoms with Crippen LogP contribution in [0.15, 0.2) is 24.3 Å². The minimum absolute atomic E-state index is 0.00414. The lowest BCUT2D eigenvalue weighted by Crippen LogP contribution is -2.37. The Hall–Kier alpha value is -1.97. The highest BCUT2D eigenvalue weighted by Gasteiger charge is 2.11. The molecule has 116 valence electrons. The van der Waals surface area contributed by atoms with Gasteiger partial charge in [-0.3, -0.25) is 4.79 Å². The van der Waals surface area contributed by atoms with Gasteiger partial charge in [0, 0.05) is 6.04 Å². The summed E-state index contributed by atoms with van der Waals surface area (Å²) in [7, 11) is 1.59. The van der Waals surface area contributed by atoms with Crippen LogP contribution in [0.2, 0.25) is 0 Å². The van der Waals surface area contributed by atoms with E-state index in [0.29, 0.717) is 11.5 Å². The average Bonchev–Trinajstić information content (AvgIpc) is 2.51. The minimum atomic E-state index is -0.108. The molecule has 0 atom stereocenters. The normalized spacial score (nSPS) is 10.9. The van der Waals surface area contributed by atoms with Crippen molar-refractivity contribution in [2.24, 2.45) is 0 Å². The van der Waals surface area contributed by atoms with Crippen LogP contribution >= 0.6 is 0 Å². The van der Waals surface area contributed by atoms with Gasteiger partial charge in [0.15, 0.2) is 18.1 Å². The van der Waals surface area contributed by atoms with Gasteiger partial charge in [0.05, 0.1) is 7.11 Å². The molecule has 1 amide bonds. The monoisotopic (exact) mass is 291 g/mol. The largest absolute Gasteiger partial charge is 0.493 e. The van der Waals surface area contributed by atoms with Gasteiger partial charge >= 0.3 is 0 Å². The maximum atomic E-state index is 11.8. The van der Waals surface area contributed by atoms with Crippen molar-refractivity contribution < 1.29 is 14.3 Å². The molecule has 0 aliphatic carbocycles. The van der Waals surface area contributed by atoms with Crippen molar-refractivity contribution in [3.63, 3.8) is 0 Å². The van der Waals surface area contributed by atoms with Gasteiger partial charge in [-0.2, -0.15) is 0 Å². The highest BCUT2D eigenvalue weighted by Crippen LogP contribution is 2.28. The molecule has 0 unspecified atom stereocenters. The molecular formula is C17H25NO3. The number of allylic oxidation sites excluding steroid dienone is 1. The molecule has 0 fully saturated rings. The summed E-state index contributed by atoms with van der Waals surface area (Å²) in [5, 5.41) is 2.94. The van der Waals surface area contributed by atoms with E-state index < -0.39 is 0 Å². The maximum Gasteiger partial charge on any atom is 0.258 e. The van der Waals surface area contributed by atoms with Gasteiger partial charge in [0.1, 0.15) is 0 Å². The summed E-state index contributed by atoms with van der Waals surface area (Å²) < 4.78 is 10.8. The molecule has 0 aliphatic rings. The van der Waals surface area contributed by atoms with E-state index in [0.717, 1.165) is 18.4 Å². The predicted molar refractivity (Wildman–Crippen MR) is 85.7 cm³/mol. The summed E-state index contributed by atoms with van der Waals surface area (Å²) in [6, 6.07) is 5.84. The first-order valence-corrected chi connectivity index (χ1v) is 7.37. The van der Waals surface area contributed by atoms with Crippen LogP contribution in [-0.4, -0.2) is 25.7 Å². The van der Waals surface area contributed by atoms with Crippen molar-refractivity contribution in [2.75, 3.05) is 13.7 Å². The smallest absolute Gasteiger partial charge is 0.258 e. The Labute approximate surface area is 127 Å². The van der Waals surface area contributed by atoms with Crippen LogP contribution in [0.25, 0.3) is 6.08 Å². The zero-order valence-electron chi connectivity index (χ0n) is 13.3. The number of carbonyl (C=O) groups is 1. The standard InChI is InChI=1S/C17H25NO3/c1-5-8-13-9-10-15(16(11-13)20-4)21-12-17(19)18-14(6-2)7-3/h5,8-11,14H,6-7,12H2,1-4H3,(H,18,19). The minimum Gasteiger partial charge on any atom is -0.493 e. The van der Waals surface area contributed by atoms with E-state index in [-0.39, 0.29) is 18.6 Å². The lowest BCUT2D eigenvalue weighted by molar-refractivity contribution is -0.123. The van der Waals surface area contributed by atoms with Gasteiger partial charge < -0.3 is 14.8 Å². The summed E-state index contributed by atoms with van der Waals surface area (Å²) in [4.78, 5) is 11.8. The zero-order chi connectivity index (χ0) is 15.7. The Balaban J connectivity index is 2.64. The fourth-order valence-electron chi connectivity index (χ4n) is 2.00. The van der Waals surface area contributed by atoms with Crippen LogP contribution in [0.5, 0.6) is 11.5 Å². The van der Waals surface area contributed by atoms with E-state index in [9.17, 15) is 4.79 Å². The van der Waals surface area contributed by atoms with Crippen LogP contribution in [0, 0.1) is 0 Å². The Bertz CT molecular complexity index is 479. The number of amides is 1. The molecule has 0 spiro atoms. The molecule has 0 radical (unpaired) electrons. The van der Waals surface area contributed by atoms with Crippen molar-refractivity contribution in [2.45, 2.75) is 39.7 Å². The van der Waals surface area contributed by atoms with E-state index in [1.165, 1.54) is 0 Å². The van der Waals surface area contributed by atoms with Crippen LogP contribution in [-0.2, 0) is 4.79 Å². The first-order chi connectivity index (χ1) is 10.1. The lowest BCUT2D eigenvalue weighted by Gasteiger charge is -2.16. The number of methoxy groups -OCH3 is 1. The van der Waals surface area contributed by atoms with Crippen molar-refractivity contribution in [3.8, 4) is 11.5 Å². The summed E-state index contributed by atoms with van der Waals surface area (Å²) in [6.07, 6.45) is 5.78. The molecule has 4 nitrogen and oxygen atoms in total. The van der Waals surface area contributed by atoms with E-state index >= 15 is 0 Å². The second kappa shape index (κ2) is 9.06. The molecule has 0 heterocycles. The topological polar surface area (TPSA) is 47.6 Å². The SMILES string of the molecule is CC=Cc1ccc(OCC(=O)NC(CC)CC)c(OC)c1. The third kappa shape index (κ3) is 5.50. The molecule has 1 rings (SSSR count). The van der Waals surface area contributed by atoms with Gasteiger partial charge in [-0.15, -0.1) is 0 Å². The van der Waals surface area contributed by atoms with E-state index in [4.69, 9.17) is 9.47 Å². The molecule has 4 heteroatoms. The zero-order valence-corrected chi connectivity index (χ0v) is 13.3. The molecule has 0 saturated carbocycles. The molecule has 1 aromatic rings. The lowest BCUT2D eigenvalue weighted by atomic mass is 10.2. The number of carbonyl (C=O) groups excluding carboxylic acids is 1. The van der Waals surface area contributed by atoms with E-state index in [1.807, 2.05) is 37.3 Å². The fraction of sp³-hybridized carbons (Fsp3) is 0.471. The Kier molecular flexibility index (Phi) is 7.37. The van der Waals surface area contributed by atoms with E-state index in [2.05, 4.69) is 19.2 Å². The number of hydrogen-bond acceptors (Lipinski definition) is 3. The molecule has 0 aliphatic heterocycles. The van der Waals surface area contributed by atoms with Crippen LogP contribution in [0.1, 0.15) is 39.2 Å². The highest BCUT2D eigenvalue weighted by atomic mass is 16.5. The first kappa shape index (κ1) is 17.1. The van der Waals surface area contributed by atoms with Crippen molar-refractivity contribution in [1.82, 2.24) is 5.32 Å². The Morgan fingerprint density at radius 1 is 1.29 bits per heavy atom. The highest BCUT2D eigenvalue weighted by molar-refractivity contribution is 5.78. The summed E-state index contributed by atoms with van der Waals surface area (Å²) in [5.41, 5.74) is 1.03. The van der Waals surface area contributed by atoms with Crippen LogP contribution < -0.4 is 14.8 Å². The van der Waals surface area contributed by atoms with Gasteiger partial charge in [-0.25, -0.2) is 0 Å². The molecule has 0 bridgehead atoms. The summed E-state index contributed by atoms with van der Waals surface area (Å²) in [5.74, 6) is 1.09. The summed E-state index contributed by atoms with van der Waals surface area (Å²) >= 11 is 0. The molecule has 1 N–H and O–H groups in total. The third-order valence-corrected chi connectivity index (χ3v) is 3.26. The molecule has 0 saturated heterocycles. The average molecular weight is 291 g/mol. The van der Waals surface area contributed by atoms with Gasteiger partial charge in [0.2, 0.25) is 0 Å². The third-order valence-electron chi connectivity index (χ3n) is 3.26. The summed E-state index contributed by atoms with van der Waals surface area (Å²) in [6.45, 7) is 6.06. The van der Waals surface area contributed by atoms with Crippen LogP contribution in [0.3, 0.4) is 0 Å². The molecule has 0 aromatic heterocycles. The van der Waals surface area contributed by atoms with Crippen LogP contribution in [0.4, 0.5) is 0 Å². The van der Waals surface area contributed by atoms with Gasteiger partial charge in [0.25, 0.3) is 5.91 Å². The number of ether oxygens (including phenoxy) is 2. The number of hydrogen-bond donors (Lipinski definition) is 1. The number of benzene rings is 1. The van der Waals surface area contributed by atoms with Crippen molar-refractivity contribution >= 4 is 12.0 Å². The number of rotatable bonds is 8. The fourth-order valence-corrected chi connectivity index (χ4v) is 2.00. The molecular weight excluding hydrogens is 266 g/mol. The second-order valence-corrected chi connectivity index (χ2v) is 4.78. The molecule has 1 aromatic carbocycles. The maximum absolute atomic E-state index is 11.8. The first-order valence-electron chi connectivity index (χ1n) is 7.37. The quantitative estimate of drug-likeness (QED) is 0.798. The predicted octanol–water partition coefficient (Wildman–Crippen LogP) is 3.41. The Morgan fingerprint density at radius 3 is 2.57 bits per heavy atom. The van der Waals surface area contributed by atoms with E-state index in [1.54, 1.807) is 7.11 Å². The number of nitrogens with one attached hydrogen (secondary N) is 1. The van der Waals surface area contributed by atoms with Gasteiger partial charge in [-0.1, -0.05) is 32.1 Å². The second-order valence-electron chi connectivity index (χ2n) is 4.78. The molecule has 21 heavy (non-hydrogen) atoms.